The lowest BCUT2D eigenvalue weighted by molar-refractivity contribution is 0.00613. The summed E-state index contributed by atoms with van der Waals surface area (Å²) in [7, 11) is 0. The molecule has 0 saturated carbocycles. The van der Waals surface area contributed by atoms with Crippen LogP contribution >= 0.6 is 11.6 Å². The van der Waals surface area contributed by atoms with E-state index in [4.69, 9.17) is 25.8 Å². The van der Waals surface area contributed by atoms with E-state index >= 15 is 0 Å². The van der Waals surface area contributed by atoms with E-state index in [9.17, 15) is 9.59 Å². The van der Waals surface area contributed by atoms with Gasteiger partial charge in [0.25, 0.3) is 5.91 Å². The Bertz CT molecular complexity index is 776. The van der Waals surface area contributed by atoms with Crippen LogP contribution in [0.3, 0.4) is 0 Å². The van der Waals surface area contributed by atoms with Crippen molar-refractivity contribution in [3.63, 3.8) is 0 Å². The van der Waals surface area contributed by atoms with Crippen LogP contribution in [0.1, 0.15) is 50.9 Å². The van der Waals surface area contributed by atoms with Crippen LogP contribution in [0.2, 0.25) is 5.02 Å². The fourth-order valence-electron chi connectivity index (χ4n) is 3.50. The summed E-state index contributed by atoms with van der Waals surface area (Å²) >= 11 is 6.34. The van der Waals surface area contributed by atoms with Crippen LogP contribution in [-0.2, 0) is 9.47 Å². The van der Waals surface area contributed by atoms with Gasteiger partial charge in [-0.3, -0.25) is 4.79 Å². The van der Waals surface area contributed by atoms with Gasteiger partial charge in [-0.05, 0) is 33.8 Å². The first-order valence-corrected chi connectivity index (χ1v) is 10.7. The highest BCUT2D eigenvalue weighted by Crippen LogP contribution is 2.27. The van der Waals surface area contributed by atoms with Crippen LogP contribution in [0.25, 0.3) is 0 Å². The second-order valence-electron chi connectivity index (χ2n) is 8.71. The fraction of sp³-hybridized carbons (Fsp3) is 0.667. The molecule has 0 bridgehead atoms. The monoisotopic (exact) mass is 439 g/mol. The highest BCUT2D eigenvalue weighted by atomic mass is 35.5. The van der Waals surface area contributed by atoms with Gasteiger partial charge in [-0.15, -0.1) is 0 Å². The smallest absolute Gasteiger partial charge is 0.410 e. The van der Waals surface area contributed by atoms with Crippen LogP contribution in [0.4, 0.5) is 4.79 Å². The van der Waals surface area contributed by atoms with Crippen molar-refractivity contribution in [3.05, 3.63) is 22.8 Å². The number of pyridine rings is 1. The van der Waals surface area contributed by atoms with Crippen molar-refractivity contribution in [2.75, 3.05) is 32.8 Å². The Morgan fingerprint density at radius 2 is 1.93 bits per heavy atom. The number of ether oxygens (including phenoxy) is 3. The Balaban J connectivity index is 1.61. The Kier molecular flexibility index (Phi) is 7.08. The predicted molar refractivity (Wildman–Crippen MR) is 112 cm³/mol. The maximum absolute atomic E-state index is 13.0. The molecule has 0 unspecified atom stereocenters. The van der Waals surface area contributed by atoms with Crippen molar-refractivity contribution in [2.45, 2.75) is 58.3 Å². The summed E-state index contributed by atoms with van der Waals surface area (Å²) in [5.74, 6) is 0.168. The molecule has 3 rings (SSSR count). The standard InChI is InChI=1S/C21H30ClN3O5/c1-14-13-24(20(27)30-21(2,3)4)7-8-25(14)19(26)15-11-17(22)18(23-12-15)29-16-5-9-28-10-6-16/h11-12,14,16H,5-10,13H2,1-4H3/t14-/m0/s1. The Morgan fingerprint density at radius 3 is 2.53 bits per heavy atom. The molecule has 2 aliphatic heterocycles. The van der Waals surface area contributed by atoms with Gasteiger partial charge in [0.15, 0.2) is 0 Å². The van der Waals surface area contributed by atoms with Crippen molar-refractivity contribution >= 4 is 23.6 Å². The molecule has 8 nitrogen and oxygen atoms in total. The zero-order valence-corrected chi connectivity index (χ0v) is 18.8. The quantitative estimate of drug-likeness (QED) is 0.718. The van der Waals surface area contributed by atoms with Gasteiger partial charge in [0.2, 0.25) is 5.88 Å². The number of carbonyl (C=O) groups is 2. The number of piperazine rings is 1. The summed E-state index contributed by atoms with van der Waals surface area (Å²) in [5.41, 5.74) is -0.152. The van der Waals surface area contributed by atoms with Gasteiger partial charge in [0.1, 0.15) is 16.7 Å². The molecule has 2 aliphatic rings. The largest absolute Gasteiger partial charge is 0.473 e. The van der Waals surface area contributed by atoms with Crippen LogP contribution in [0.5, 0.6) is 5.88 Å². The van der Waals surface area contributed by atoms with E-state index in [1.165, 1.54) is 6.20 Å². The lowest BCUT2D eigenvalue weighted by Crippen LogP contribution is -2.56. The molecule has 1 aromatic rings. The van der Waals surface area contributed by atoms with Gasteiger partial charge in [-0.25, -0.2) is 9.78 Å². The molecule has 0 spiro atoms. The summed E-state index contributed by atoms with van der Waals surface area (Å²) in [5, 5.41) is 0.312. The number of amides is 2. The summed E-state index contributed by atoms with van der Waals surface area (Å²) in [6.07, 6.45) is 2.73. The molecule has 2 fully saturated rings. The molecular formula is C21H30ClN3O5. The highest BCUT2D eigenvalue weighted by molar-refractivity contribution is 6.32. The van der Waals surface area contributed by atoms with Gasteiger partial charge in [-0.2, -0.15) is 0 Å². The molecule has 0 radical (unpaired) electrons. The van der Waals surface area contributed by atoms with Crippen LogP contribution in [-0.4, -0.2) is 77.4 Å². The van der Waals surface area contributed by atoms with Gasteiger partial charge in [-0.1, -0.05) is 11.6 Å². The fourth-order valence-corrected chi connectivity index (χ4v) is 3.71. The number of aromatic nitrogens is 1. The Hall–Kier alpha value is -2.06. The van der Waals surface area contributed by atoms with Gasteiger partial charge in [0, 0.05) is 44.7 Å². The second-order valence-corrected chi connectivity index (χ2v) is 9.12. The van der Waals surface area contributed by atoms with Crippen molar-refractivity contribution in [1.82, 2.24) is 14.8 Å². The van der Waals surface area contributed by atoms with Crippen LogP contribution in [0, 0.1) is 0 Å². The SMILES string of the molecule is C[C@H]1CN(C(=O)OC(C)(C)C)CCN1C(=O)c1cnc(OC2CCOCC2)c(Cl)c1. The van der Waals surface area contributed by atoms with Gasteiger partial charge >= 0.3 is 6.09 Å². The molecule has 30 heavy (non-hydrogen) atoms. The molecule has 0 aliphatic carbocycles. The minimum absolute atomic E-state index is 0.0197. The summed E-state index contributed by atoms with van der Waals surface area (Å²) in [6.45, 7) is 9.96. The zero-order valence-electron chi connectivity index (χ0n) is 18.0. The molecule has 3 heterocycles. The van der Waals surface area contributed by atoms with E-state index in [2.05, 4.69) is 4.98 Å². The Morgan fingerprint density at radius 1 is 1.23 bits per heavy atom. The molecule has 1 atom stereocenters. The van der Waals surface area contributed by atoms with E-state index in [0.29, 0.717) is 49.3 Å². The molecule has 2 amide bonds. The molecule has 0 aromatic carbocycles. The van der Waals surface area contributed by atoms with Crippen LogP contribution < -0.4 is 4.74 Å². The average Bonchev–Trinajstić information content (AvgIpc) is 2.68. The first kappa shape index (κ1) is 22.6. The number of halogens is 1. The van der Waals surface area contributed by atoms with Gasteiger partial charge in [0.05, 0.1) is 18.8 Å². The number of rotatable bonds is 3. The number of hydrogen-bond acceptors (Lipinski definition) is 6. The minimum Gasteiger partial charge on any atom is -0.473 e. The first-order chi connectivity index (χ1) is 14.1. The van der Waals surface area contributed by atoms with E-state index in [1.54, 1.807) is 15.9 Å². The van der Waals surface area contributed by atoms with Crippen LogP contribution in [0.15, 0.2) is 12.3 Å². The predicted octanol–water partition coefficient (Wildman–Crippen LogP) is 3.37. The molecule has 0 N–H and O–H groups in total. The lowest BCUT2D eigenvalue weighted by atomic mass is 10.1. The van der Waals surface area contributed by atoms with E-state index in [1.807, 2.05) is 27.7 Å². The second kappa shape index (κ2) is 9.39. The van der Waals surface area contributed by atoms with E-state index in [0.717, 1.165) is 12.8 Å². The highest BCUT2D eigenvalue weighted by Gasteiger charge is 2.33. The van der Waals surface area contributed by atoms with Crippen molar-refractivity contribution < 1.29 is 23.8 Å². The molecule has 2 saturated heterocycles. The molecule has 9 heteroatoms. The molecule has 1 aromatic heterocycles. The maximum Gasteiger partial charge on any atom is 0.410 e. The Labute approximate surface area is 182 Å². The third kappa shape index (κ3) is 5.76. The summed E-state index contributed by atoms with van der Waals surface area (Å²) < 4.78 is 16.6. The van der Waals surface area contributed by atoms with Crippen molar-refractivity contribution in [2.24, 2.45) is 0 Å². The van der Waals surface area contributed by atoms with Crippen molar-refractivity contribution in [1.29, 1.82) is 0 Å². The van der Waals surface area contributed by atoms with E-state index < -0.39 is 5.60 Å². The van der Waals surface area contributed by atoms with Crippen molar-refractivity contribution in [3.8, 4) is 5.88 Å². The third-order valence-corrected chi connectivity index (χ3v) is 5.31. The average molecular weight is 440 g/mol. The normalized spacial score (nSPS) is 20.8. The zero-order chi connectivity index (χ0) is 21.9. The minimum atomic E-state index is -0.551. The third-order valence-electron chi connectivity index (χ3n) is 5.04. The summed E-state index contributed by atoms with van der Waals surface area (Å²) in [4.78, 5) is 32.9. The van der Waals surface area contributed by atoms with Gasteiger partial charge < -0.3 is 24.0 Å². The lowest BCUT2D eigenvalue weighted by Gasteiger charge is -2.40. The molecular weight excluding hydrogens is 410 g/mol. The van der Waals surface area contributed by atoms with E-state index in [-0.39, 0.29) is 24.1 Å². The molecule has 166 valence electrons. The maximum atomic E-state index is 13.0. The number of hydrogen-bond donors (Lipinski definition) is 0. The number of nitrogens with zero attached hydrogens (tertiary/aromatic N) is 3. The first-order valence-electron chi connectivity index (χ1n) is 10.3. The number of carbonyl (C=O) groups excluding carboxylic acids is 2. The summed E-state index contributed by atoms with van der Waals surface area (Å²) in [6, 6.07) is 1.44. The topological polar surface area (TPSA) is 81.2 Å².